The van der Waals surface area contributed by atoms with Crippen LogP contribution in [-0.4, -0.2) is 11.1 Å². The highest BCUT2D eigenvalue weighted by atomic mass is 16.5. The molecule has 0 atom stereocenters. The van der Waals surface area contributed by atoms with Crippen molar-refractivity contribution >= 4 is 5.97 Å². The minimum Gasteiger partial charge on any atom is -0.481 e. The Morgan fingerprint density at radius 1 is 1.05 bits per heavy atom. The van der Waals surface area contributed by atoms with Gasteiger partial charge in [0.05, 0.1) is 0 Å². The molecule has 1 aliphatic heterocycles. The molecule has 2 aromatic rings. The molecule has 3 heteroatoms. The van der Waals surface area contributed by atoms with Gasteiger partial charge in [-0.15, -0.1) is 0 Å². The summed E-state index contributed by atoms with van der Waals surface area (Å²) in [6.45, 7) is 6.18. The zero-order valence-corrected chi connectivity index (χ0v) is 13.1. The smallest absolute Gasteiger partial charge is 0.303 e. The van der Waals surface area contributed by atoms with Crippen LogP contribution in [-0.2, 0) is 10.2 Å². The first-order valence-corrected chi connectivity index (χ1v) is 7.52. The molecule has 0 spiro atoms. The first-order chi connectivity index (χ1) is 10.4. The van der Waals surface area contributed by atoms with Gasteiger partial charge < -0.3 is 9.84 Å². The average Bonchev–Trinajstić information content (AvgIpc) is 2.44. The van der Waals surface area contributed by atoms with E-state index in [0.29, 0.717) is 6.42 Å². The molecule has 0 saturated carbocycles. The van der Waals surface area contributed by atoms with E-state index in [9.17, 15) is 4.79 Å². The van der Waals surface area contributed by atoms with E-state index in [0.717, 1.165) is 33.8 Å². The van der Waals surface area contributed by atoms with Gasteiger partial charge in [-0.25, -0.2) is 0 Å². The second-order valence-corrected chi connectivity index (χ2v) is 6.33. The van der Waals surface area contributed by atoms with Crippen LogP contribution in [0.3, 0.4) is 0 Å². The fourth-order valence-corrected chi connectivity index (χ4v) is 3.23. The Kier molecular flexibility index (Phi) is 3.44. The summed E-state index contributed by atoms with van der Waals surface area (Å²) >= 11 is 0. The van der Waals surface area contributed by atoms with E-state index in [1.165, 1.54) is 0 Å². The summed E-state index contributed by atoms with van der Waals surface area (Å²) in [6.07, 6.45) is 0.689. The van der Waals surface area contributed by atoms with Gasteiger partial charge in [0.15, 0.2) is 0 Å². The summed E-state index contributed by atoms with van der Waals surface area (Å²) in [5.74, 6) is 0.909. The van der Waals surface area contributed by atoms with Crippen molar-refractivity contribution in [1.29, 1.82) is 0 Å². The maximum atomic E-state index is 11.1. The van der Waals surface area contributed by atoms with Crippen molar-refractivity contribution in [2.24, 2.45) is 0 Å². The number of carboxylic acid groups (broad SMARTS) is 1. The lowest BCUT2D eigenvalue weighted by Gasteiger charge is -2.37. The summed E-state index contributed by atoms with van der Waals surface area (Å²) in [5.41, 5.74) is 4.06. The van der Waals surface area contributed by atoms with Gasteiger partial charge in [0.1, 0.15) is 11.5 Å². The molecule has 0 bridgehead atoms. The number of fused-ring (bicyclic) bond motifs is 2. The third-order valence-corrected chi connectivity index (χ3v) is 4.52. The second kappa shape index (κ2) is 5.16. The van der Waals surface area contributed by atoms with Crippen LogP contribution in [0.2, 0.25) is 0 Å². The third kappa shape index (κ3) is 2.37. The molecule has 0 fully saturated rings. The van der Waals surface area contributed by atoms with E-state index >= 15 is 0 Å². The van der Waals surface area contributed by atoms with Gasteiger partial charge in [-0.1, -0.05) is 31.2 Å². The maximum absolute atomic E-state index is 11.1. The number of carbonyl (C=O) groups is 1. The second-order valence-electron chi connectivity index (χ2n) is 6.33. The first kappa shape index (κ1) is 14.6. The van der Waals surface area contributed by atoms with Gasteiger partial charge in [-0.2, -0.15) is 0 Å². The monoisotopic (exact) mass is 296 g/mol. The molecule has 1 heterocycles. The molecule has 3 nitrogen and oxygen atoms in total. The Morgan fingerprint density at radius 2 is 1.55 bits per heavy atom. The third-order valence-electron chi connectivity index (χ3n) is 4.52. The van der Waals surface area contributed by atoms with Crippen molar-refractivity contribution in [3.63, 3.8) is 0 Å². The van der Waals surface area contributed by atoms with Crippen LogP contribution >= 0.6 is 0 Å². The predicted octanol–water partition coefficient (Wildman–Crippen LogP) is 4.58. The molecule has 0 unspecified atom stereocenters. The van der Waals surface area contributed by atoms with Gasteiger partial charge in [-0.05, 0) is 43.5 Å². The van der Waals surface area contributed by atoms with Crippen molar-refractivity contribution in [3.8, 4) is 11.5 Å². The van der Waals surface area contributed by atoms with E-state index in [-0.39, 0.29) is 11.8 Å². The van der Waals surface area contributed by atoms with Crippen LogP contribution < -0.4 is 4.74 Å². The Balaban J connectivity index is 2.17. The minimum absolute atomic E-state index is 0.136. The predicted molar refractivity (Wildman–Crippen MR) is 85.8 cm³/mol. The summed E-state index contributed by atoms with van der Waals surface area (Å²) in [5, 5.41) is 9.11. The highest BCUT2D eigenvalue weighted by molar-refractivity contribution is 5.68. The number of carboxylic acids is 1. The number of rotatable bonds is 3. The van der Waals surface area contributed by atoms with Gasteiger partial charge >= 0.3 is 5.97 Å². The topological polar surface area (TPSA) is 46.5 Å². The normalized spacial score (nSPS) is 14.7. The molecular weight excluding hydrogens is 276 g/mol. The molecule has 114 valence electrons. The molecule has 1 N–H and O–H groups in total. The fraction of sp³-hybridized carbons (Fsp3) is 0.316. The first-order valence-electron chi connectivity index (χ1n) is 7.52. The lowest BCUT2D eigenvalue weighted by atomic mass is 9.70. The SMILES string of the molecule is Cc1ccc2c(c1)Oc1cc(C)ccc1C2(C)CCC(=O)O. The number of hydrogen-bond acceptors (Lipinski definition) is 2. The largest absolute Gasteiger partial charge is 0.481 e. The summed E-state index contributed by atoms with van der Waals surface area (Å²) in [6, 6.07) is 12.3. The number of hydrogen-bond donors (Lipinski definition) is 1. The standard InChI is InChI=1S/C19H20O3/c1-12-4-6-14-16(10-12)22-17-11-13(2)5-7-15(17)19(14,3)9-8-18(20)21/h4-7,10-11H,8-9H2,1-3H3,(H,20,21). The average molecular weight is 296 g/mol. The number of ether oxygens (including phenoxy) is 1. The lowest BCUT2D eigenvalue weighted by molar-refractivity contribution is -0.137. The Hall–Kier alpha value is -2.29. The van der Waals surface area contributed by atoms with Gasteiger partial charge in [0.2, 0.25) is 0 Å². The van der Waals surface area contributed by atoms with Crippen molar-refractivity contribution in [2.45, 2.75) is 39.0 Å². The van der Waals surface area contributed by atoms with E-state index in [4.69, 9.17) is 9.84 Å². The van der Waals surface area contributed by atoms with Gasteiger partial charge in [0.25, 0.3) is 0 Å². The molecule has 3 rings (SSSR count). The molecule has 0 aromatic heterocycles. The van der Waals surface area contributed by atoms with Crippen molar-refractivity contribution in [1.82, 2.24) is 0 Å². The van der Waals surface area contributed by atoms with E-state index in [2.05, 4.69) is 31.2 Å². The zero-order valence-electron chi connectivity index (χ0n) is 13.1. The van der Waals surface area contributed by atoms with Gasteiger partial charge in [0, 0.05) is 23.0 Å². The quantitative estimate of drug-likeness (QED) is 0.901. The molecular formula is C19H20O3. The molecule has 0 saturated heterocycles. The highest BCUT2D eigenvalue weighted by Crippen LogP contribution is 2.50. The molecule has 2 aromatic carbocycles. The fourth-order valence-electron chi connectivity index (χ4n) is 3.23. The van der Waals surface area contributed by atoms with Crippen molar-refractivity contribution in [2.75, 3.05) is 0 Å². The number of aryl methyl sites for hydroxylation is 2. The van der Waals surface area contributed by atoms with E-state index in [1.807, 2.05) is 26.0 Å². The molecule has 0 amide bonds. The molecule has 1 aliphatic rings. The lowest BCUT2D eigenvalue weighted by Crippen LogP contribution is -2.29. The van der Waals surface area contributed by atoms with Gasteiger partial charge in [-0.3, -0.25) is 4.79 Å². The highest BCUT2D eigenvalue weighted by Gasteiger charge is 2.38. The molecule has 0 radical (unpaired) electrons. The number of benzene rings is 2. The van der Waals surface area contributed by atoms with Crippen LogP contribution in [0.1, 0.15) is 42.0 Å². The molecule has 22 heavy (non-hydrogen) atoms. The molecule has 0 aliphatic carbocycles. The van der Waals surface area contributed by atoms with Crippen LogP contribution in [0.4, 0.5) is 0 Å². The minimum atomic E-state index is -0.768. The van der Waals surface area contributed by atoms with Crippen LogP contribution in [0.5, 0.6) is 11.5 Å². The summed E-state index contributed by atoms with van der Waals surface area (Å²) < 4.78 is 6.09. The van der Waals surface area contributed by atoms with E-state index < -0.39 is 5.97 Å². The van der Waals surface area contributed by atoms with Crippen LogP contribution in [0.15, 0.2) is 36.4 Å². The Morgan fingerprint density at radius 3 is 2.00 bits per heavy atom. The van der Waals surface area contributed by atoms with E-state index in [1.54, 1.807) is 0 Å². The Bertz CT molecular complexity index is 695. The number of aliphatic carboxylic acids is 1. The Labute approximate surface area is 130 Å². The van der Waals surface area contributed by atoms with Crippen molar-refractivity contribution in [3.05, 3.63) is 58.7 Å². The van der Waals surface area contributed by atoms with Crippen LogP contribution in [0, 0.1) is 13.8 Å². The van der Waals surface area contributed by atoms with Crippen LogP contribution in [0.25, 0.3) is 0 Å². The van der Waals surface area contributed by atoms with Crippen molar-refractivity contribution < 1.29 is 14.6 Å². The zero-order chi connectivity index (χ0) is 15.9. The summed E-state index contributed by atoms with van der Waals surface area (Å²) in [4.78, 5) is 11.1. The summed E-state index contributed by atoms with van der Waals surface area (Å²) in [7, 11) is 0. The maximum Gasteiger partial charge on any atom is 0.303 e.